The quantitative estimate of drug-likeness (QED) is 0.297. The summed E-state index contributed by atoms with van der Waals surface area (Å²) in [6, 6.07) is 22.7. The maximum absolute atomic E-state index is 12.5. The smallest absolute Gasteiger partial charge is 0.413 e. The van der Waals surface area contributed by atoms with E-state index in [-0.39, 0.29) is 0 Å². The summed E-state index contributed by atoms with van der Waals surface area (Å²) in [6.45, 7) is 1.76. The number of amides is 1. The number of imidazole rings is 1. The standard InChI is InChI=1S/C28H24ClN3O4/c1-18(23-4-2-3-5-24(23)29)36-27(35)31-25-16-30-17-32(25)22-12-8-20(9-13-22)19-6-10-21(11-7-19)28(14-15-28)26(33)34/h2-13,16-18H,14-15H2,1H3,(H,31,35)(H,33,34)/t18-/m1/s1. The Balaban J connectivity index is 1.27. The van der Waals surface area contributed by atoms with Gasteiger partial charge in [-0.1, -0.05) is 66.2 Å². The van der Waals surface area contributed by atoms with Crippen molar-refractivity contribution in [3.8, 4) is 16.8 Å². The van der Waals surface area contributed by atoms with Crippen molar-refractivity contribution in [1.29, 1.82) is 0 Å². The number of aromatic nitrogens is 2. The van der Waals surface area contributed by atoms with Crippen LogP contribution in [0.4, 0.5) is 10.6 Å². The summed E-state index contributed by atoms with van der Waals surface area (Å²) in [6.07, 6.45) is 3.39. The normalized spacial score (nSPS) is 14.6. The van der Waals surface area contributed by atoms with E-state index >= 15 is 0 Å². The highest BCUT2D eigenvalue weighted by Crippen LogP contribution is 2.48. The van der Waals surface area contributed by atoms with Crippen LogP contribution in [0.1, 0.15) is 37.0 Å². The van der Waals surface area contributed by atoms with Gasteiger partial charge in [-0.3, -0.25) is 14.7 Å². The molecule has 0 unspecified atom stereocenters. The van der Waals surface area contributed by atoms with Crippen molar-refractivity contribution in [1.82, 2.24) is 9.55 Å². The number of carboxylic acid groups (broad SMARTS) is 1. The fourth-order valence-electron chi connectivity index (χ4n) is 4.30. The van der Waals surface area contributed by atoms with Crippen molar-refractivity contribution in [2.24, 2.45) is 0 Å². The second kappa shape index (κ2) is 9.51. The molecule has 1 aliphatic rings. The van der Waals surface area contributed by atoms with Gasteiger partial charge >= 0.3 is 12.1 Å². The van der Waals surface area contributed by atoms with E-state index in [1.165, 1.54) is 0 Å². The van der Waals surface area contributed by atoms with Gasteiger partial charge in [-0.15, -0.1) is 0 Å². The van der Waals surface area contributed by atoms with E-state index in [1.54, 1.807) is 30.1 Å². The van der Waals surface area contributed by atoms with Gasteiger partial charge in [0.25, 0.3) is 0 Å². The maximum Gasteiger partial charge on any atom is 0.413 e. The summed E-state index contributed by atoms with van der Waals surface area (Å²) in [5.41, 5.74) is 3.66. The highest BCUT2D eigenvalue weighted by molar-refractivity contribution is 6.31. The Morgan fingerprint density at radius 3 is 2.28 bits per heavy atom. The van der Waals surface area contributed by atoms with Gasteiger partial charge in [-0.25, -0.2) is 9.78 Å². The molecule has 0 radical (unpaired) electrons. The van der Waals surface area contributed by atoms with E-state index in [2.05, 4.69) is 10.3 Å². The number of aliphatic carboxylic acids is 1. The number of carbonyl (C=O) groups is 2. The molecule has 1 aliphatic carbocycles. The van der Waals surface area contributed by atoms with Crippen LogP contribution in [0.5, 0.6) is 0 Å². The largest absolute Gasteiger partial charge is 0.481 e. The topological polar surface area (TPSA) is 93.5 Å². The Morgan fingerprint density at radius 1 is 1.03 bits per heavy atom. The summed E-state index contributed by atoms with van der Waals surface area (Å²) in [7, 11) is 0. The van der Waals surface area contributed by atoms with Gasteiger partial charge in [-0.05, 0) is 54.7 Å². The van der Waals surface area contributed by atoms with Crippen molar-refractivity contribution in [2.45, 2.75) is 31.3 Å². The van der Waals surface area contributed by atoms with Crippen molar-refractivity contribution in [3.63, 3.8) is 0 Å². The molecule has 1 saturated carbocycles. The number of ether oxygens (including phenoxy) is 1. The summed E-state index contributed by atoms with van der Waals surface area (Å²) in [5, 5.41) is 12.8. The minimum absolute atomic E-state index is 0.465. The highest BCUT2D eigenvalue weighted by atomic mass is 35.5. The molecule has 4 aromatic rings. The van der Waals surface area contributed by atoms with Crippen LogP contribution in [0.3, 0.4) is 0 Å². The SMILES string of the molecule is C[C@@H](OC(=O)Nc1cncn1-c1ccc(-c2ccc(C3(C(=O)O)CC3)cc2)cc1)c1ccccc1Cl. The first kappa shape index (κ1) is 23.6. The summed E-state index contributed by atoms with van der Waals surface area (Å²) in [4.78, 5) is 28.2. The number of rotatable bonds is 7. The lowest BCUT2D eigenvalue weighted by molar-refractivity contribution is -0.140. The van der Waals surface area contributed by atoms with Gasteiger partial charge in [0.1, 0.15) is 18.2 Å². The number of benzene rings is 3. The molecule has 182 valence electrons. The third kappa shape index (κ3) is 4.57. The van der Waals surface area contributed by atoms with Crippen LogP contribution in [0, 0.1) is 0 Å². The number of halogens is 1. The molecular weight excluding hydrogens is 478 g/mol. The number of anilines is 1. The molecule has 0 spiro atoms. The Labute approximate surface area is 213 Å². The van der Waals surface area contributed by atoms with Crippen LogP contribution in [0.25, 0.3) is 16.8 Å². The molecule has 0 aliphatic heterocycles. The monoisotopic (exact) mass is 501 g/mol. The van der Waals surface area contributed by atoms with E-state index in [0.29, 0.717) is 23.7 Å². The van der Waals surface area contributed by atoms with E-state index in [1.807, 2.05) is 66.7 Å². The first-order valence-electron chi connectivity index (χ1n) is 11.6. The van der Waals surface area contributed by atoms with E-state index < -0.39 is 23.6 Å². The number of carboxylic acids is 1. The van der Waals surface area contributed by atoms with Crippen LogP contribution in [0.2, 0.25) is 5.02 Å². The highest BCUT2D eigenvalue weighted by Gasteiger charge is 2.51. The molecular formula is C28H24ClN3O4. The van der Waals surface area contributed by atoms with Crippen molar-refractivity contribution in [3.05, 3.63) is 101 Å². The maximum atomic E-state index is 12.5. The Kier molecular flexibility index (Phi) is 6.24. The lowest BCUT2D eigenvalue weighted by atomic mass is 9.94. The average Bonchev–Trinajstić information content (AvgIpc) is 3.58. The molecule has 5 rings (SSSR count). The predicted octanol–water partition coefficient (Wildman–Crippen LogP) is 6.62. The van der Waals surface area contributed by atoms with Crippen molar-refractivity contribution < 1.29 is 19.4 Å². The Hall–Kier alpha value is -4.10. The first-order chi connectivity index (χ1) is 17.4. The molecule has 0 saturated heterocycles. The molecule has 36 heavy (non-hydrogen) atoms. The number of hydrogen-bond donors (Lipinski definition) is 2. The number of nitrogens with one attached hydrogen (secondary N) is 1. The van der Waals surface area contributed by atoms with Gasteiger partial charge < -0.3 is 9.84 Å². The van der Waals surface area contributed by atoms with Gasteiger partial charge in [0.05, 0.1) is 11.6 Å². The number of hydrogen-bond acceptors (Lipinski definition) is 4. The molecule has 1 atom stereocenters. The third-order valence-corrected chi connectivity index (χ3v) is 6.92. The van der Waals surface area contributed by atoms with Gasteiger partial charge in [0.15, 0.2) is 0 Å². The van der Waals surface area contributed by atoms with E-state index in [0.717, 1.165) is 27.9 Å². The summed E-state index contributed by atoms with van der Waals surface area (Å²) in [5.74, 6) is -0.293. The van der Waals surface area contributed by atoms with Crippen molar-refractivity contribution >= 4 is 29.5 Å². The molecule has 1 aromatic heterocycles. The lowest BCUT2D eigenvalue weighted by Gasteiger charge is -2.16. The fraction of sp³-hybridized carbons (Fsp3) is 0.179. The molecule has 1 fully saturated rings. The zero-order valence-corrected chi connectivity index (χ0v) is 20.3. The third-order valence-electron chi connectivity index (χ3n) is 6.57. The Bertz CT molecular complexity index is 1410. The molecule has 0 bridgehead atoms. The molecule has 7 nitrogen and oxygen atoms in total. The van der Waals surface area contributed by atoms with Crippen LogP contribution in [-0.2, 0) is 14.9 Å². The summed E-state index contributed by atoms with van der Waals surface area (Å²) >= 11 is 6.20. The average molecular weight is 502 g/mol. The van der Waals surface area contributed by atoms with Crippen molar-refractivity contribution in [2.75, 3.05) is 5.32 Å². The molecule has 8 heteroatoms. The molecule has 3 aromatic carbocycles. The lowest BCUT2D eigenvalue weighted by Crippen LogP contribution is -2.19. The second-order valence-electron chi connectivity index (χ2n) is 8.85. The zero-order chi connectivity index (χ0) is 25.3. The number of carbonyl (C=O) groups excluding carboxylic acids is 1. The van der Waals surface area contributed by atoms with Crippen LogP contribution < -0.4 is 5.32 Å². The first-order valence-corrected chi connectivity index (χ1v) is 11.9. The molecule has 1 amide bonds. The molecule has 1 heterocycles. The van der Waals surface area contributed by atoms with Crippen LogP contribution in [-0.4, -0.2) is 26.7 Å². The fourth-order valence-corrected chi connectivity index (χ4v) is 4.59. The molecule has 2 N–H and O–H groups in total. The predicted molar refractivity (Wildman–Crippen MR) is 138 cm³/mol. The minimum atomic E-state index is -0.758. The number of nitrogens with zero attached hydrogens (tertiary/aromatic N) is 2. The summed E-state index contributed by atoms with van der Waals surface area (Å²) < 4.78 is 7.25. The van der Waals surface area contributed by atoms with Crippen LogP contribution >= 0.6 is 11.6 Å². The van der Waals surface area contributed by atoms with Crippen LogP contribution in [0.15, 0.2) is 85.3 Å². The van der Waals surface area contributed by atoms with Gasteiger partial charge in [-0.2, -0.15) is 0 Å². The van der Waals surface area contributed by atoms with Gasteiger partial charge in [0.2, 0.25) is 0 Å². The zero-order valence-electron chi connectivity index (χ0n) is 19.5. The van der Waals surface area contributed by atoms with Gasteiger partial charge in [0, 0.05) is 16.3 Å². The minimum Gasteiger partial charge on any atom is -0.481 e. The Morgan fingerprint density at radius 2 is 1.67 bits per heavy atom. The van der Waals surface area contributed by atoms with E-state index in [4.69, 9.17) is 16.3 Å². The van der Waals surface area contributed by atoms with E-state index in [9.17, 15) is 14.7 Å². The second-order valence-corrected chi connectivity index (χ2v) is 9.26.